The molecule has 0 aromatic rings. The fourth-order valence-electron chi connectivity index (χ4n) is 0.797. The number of ether oxygens (including phenoxy) is 1. The lowest BCUT2D eigenvalue weighted by molar-refractivity contribution is -0.137. The third-order valence-corrected chi connectivity index (χ3v) is 1.56. The second-order valence-electron chi connectivity index (χ2n) is 2.85. The van der Waals surface area contributed by atoms with Crippen molar-refractivity contribution in [2.75, 3.05) is 6.61 Å². The second kappa shape index (κ2) is 7.53. The highest BCUT2D eigenvalue weighted by molar-refractivity contribution is 5.81. The molecule has 0 rings (SSSR count). The van der Waals surface area contributed by atoms with Gasteiger partial charge in [-0.2, -0.15) is 0 Å². The van der Waals surface area contributed by atoms with E-state index in [-0.39, 0.29) is 11.9 Å². The molecule has 13 heavy (non-hydrogen) atoms. The number of allylic oxidation sites excluding steroid dienone is 1. The zero-order chi connectivity index (χ0) is 10.1. The number of carbonyl (C=O) groups excluding carboxylic acids is 2. The SMILES string of the molecule is CCOC(=O)/C=C/CCC(C)C=O. The van der Waals surface area contributed by atoms with E-state index in [0.29, 0.717) is 6.61 Å². The third kappa shape index (κ3) is 7.25. The van der Waals surface area contributed by atoms with Crippen molar-refractivity contribution in [1.82, 2.24) is 0 Å². The standard InChI is InChI=1S/C10H16O3/c1-3-13-10(12)7-5-4-6-9(2)8-11/h5,7-9H,3-4,6H2,1-2H3/b7-5+. The smallest absolute Gasteiger partial charge is 0.330 e. The maximum atomic E-state index is 10.8. The van der Waals surface area contributed by atoms with Gasteiger partial charge in [0.2, 0.25) is 0 Å². The maximum absolute atomic E-state index is 10.8. The minimum atomic E-state index is -0.318. The van der Waals surface area contributed by atoms with Crippen LogP contribution < -0.4 is 0 Å². The number of hydrogen-bond acceptors (Lipinski definition) is 3. The van der Waals surface area contributed by atoms with Crippen LogP contribution in [0.3, 0.4) is 0 Å². The van der Waals surface area contributed by atoms with Crippen molar-refractivity contribution in [1.29, 1.82) is 0 Å². The van der Waals surface area contributed by atoms with E-state index in [1.807, 2.05) is 6.92 Å². The van der Waals surface area contributed by atoms with Crippen LogP contribution in [0.25, 0.3) is 0 Å². The topological polar surface area (TPSA) is 43.4 Å². The van der Waals surface area contributed by atoms with Crippen molar-refractivity contribution >= 4 is 12.3 Å². The molecule has 1 atom stereocenters. The Labute approximate surface area is 78.8 Å². The molecule has 3 nitrogen and oxygen atoms in total. The largest absolute Gasteiger partial charge is 0.463 e. The zero-order valence-corrected chi connectivity index (χ0v) is 8.16. The van der Waals surface area contributed by atoms with Gasteiger partial charge in [-0.25, -0.2) is 4.79 Å². The molecule has 3 heteroatoms. The van der Waals surface area contributed by atoms with Gasteiger partial charge >= 0.3 is 5.97 Å². The maximum Gasteiger partial charge on any atom is 0.330 e. The highest BCUT2D eigenvalue weighted by atomic mass is 16.5. The van der Waals surface area contributed by atoms with E-state index < -0.39 is 0 Å². The Kier molecular flexibility index (Phi) is 6.88. The molecule has 0 saturated heterocycles. The van der Waals surface area contributed by atoms with Crippen LogP contribution in [-0.4, -0.2) is 18.9 Å². The summed E-state index contributed by atoms with van der Waals surface area (Å²) < 4.78 is 4.68. The van der Waals surface area contributed by atoms with Gasteiger partial charge in [0, 0.05) is 12.0 Å². The highest BCUT2D eigenvalue weighted by Gasteiger charge is 1.97. The fraction of sp³-hybridized carbons (Fsp3) is 0.600. The van der Waals surface area contributed by atoms with Gasteiger partial charge in [0.05, 0.1) is 6.61 Å². The summed E-state index contributed by atoms with van der Waals surface area (Å²) >= 11 is 0. The molecule has 1 unspecified atom stereocenters. The van der Waals surface area contributed by atoms with E-state index in [0.717, 1.165) is 19.1 Å². The molecule has 0 heterocycles. The van der Waals surface area contributed by atoms with Gasteiger partial charge in [0.15, 0.2) is 0 Å². The first-order chi connectivity index (χ1) is 6.20. The fourth-order valence-corrected chi connectivity index (χ4v) is 0.797. The predicted molar refractivity (Wildman–Crippen MR) is 50.2 cm³/mol. The molecule has 0 aromatic heterocycles. The van der Waals surface area contributed by atoms with Crippen LogP contribution in [-0.2, 0) is 14.3 Å². The van der Waals surface area contributed by atoms with Crippen LogP contribution in [0.5, 0.6) is 0 Å². The van der Waals surface area contributed by atoms with Crippen LogP contribution in [0.4, 0.5) is 0 Å². The first-order valence-corrected chi connectivity index (χ1v) is 4.49. The van der Waals surface area contributed by atoms with Gasteiger partial charge in [-0.3, -0.25) is 0 Å². The molecule has 0 aromatic carbocycles. The Morgan fingerprint density at radius 3 is 2.77 bits per heavy atom. The molecule has 0 aliphatic rings. The van der Waals surface area contributed by atoms with E-state index in [1.54, 1.807) is 13.0 Å². The van der Waals surface area contributed by atoms with Crippen molar-refractivity contribution in [3.05, 3.63) is 12.2 Å². The normalized spacial score (nSPS) is 12.8. The van der Waals surface area contributed by atoms with E-state index in [1.165, 1.54) is 6.08 Å². The molecular formula is C10H16O3. The molecule has 0 N–H and O–H groups in total. The average molecular weight is 184 g/mol. The monoisotopic (exact) mass is 184 g/mol. The Morgan fingerprint density at radius 2 is 2.23 bits per heavy atom. The molecule has 74 valence electrons. The molecular weight excluding hydrogens is 168 g/mol. The molecule has 0 radical (unpaired) electrons. The summed E-state index contributed by atoms with van der Waals surface area (Å²) in [5.41, 5.74) is 0. The minimum absolute atomic E-state index is 0.0619. The first kappa shape index (κ1) is 11.9. The van der Waals surface area contributed by atoms with Gasteiger partial charge < -0.3 is 9.53 Å². The van der Waals surface area contributed by atoms with Crippen molar-refractivity contribution in [3.8, 4) is 0 Å². The van der Waals surface area contributed by atoms with Crippen molar-refractivity contribution in [3.63, 3.8) is 0 Å². The summed E-state index contributed by atoms with van der Waals surface area (Å²) in [6.45, 7) is 4.01. The Morgan fingerprint density at radius 1 is 1.54 bits per heavy atom. The van der Waals surface area contributed by atoms with E-state index >= 15 is 0 Å². The summed E-state index contributed by atoms with van der Waals surface area (Å²) in [6.07, 6.45) is 5.56. The average Bonchev–Trinajstić information content (AvgIpc) is 2.12. The summed E-state index contributed by atoms with van der Waals surface area (Å²) in [6, 6.07) is 0. The number of aldehydes is 1. The van der Waals surface area contributed by atoms with Crippen molar-refractivity contribution in [2.24, 2.45) is 5.92 Å². The van der Waals surface area contributed by atoms with Gasteiger partial charge in [-0.15, -0.1) is 0 Å². The molecule has 0 aliphatic carbocycles. The summed E-state index contributed by atoms with van der Waals surface area (Å²) in [5.74, 6) is -0.256. The third-order valence-electron chi connectivity index (χ3n) is 1.56. The molecule has 0 aliphatic heterocycles. The molecule has 0 spiro atoms. The number of esters is 1. The lowest BCUT2D eigenvalue weighted by Crippen LogP contribution is -1.99. The van der Waals surface area contributed by atoms with Crippen LogP contribution in [0.2, 0.25) is 0 Å². The molecule has 0 fully saturated rings. The molecule has 0 saturated carbocycles. The van der Waals surface area contributed by atoms with E-state index in [9.17, 15) is 9.59 Å². The minimum Gasteiger partial charge on any atom is -0.463 e. The number of rotatable bonds is 6. The first-order valence-electron chi connectivity index (χ1n) is 4.49. The Balaban J connectivity index is 3.51. The summed E-state index contributed by atoms with van der Waals surface area (Å²) in [4.78, 5) is 21.0. The Bertz CT molecular complexity index is 185. The summed E-state index contributed by atoms with van der Waals surface area (Å²) in [7, 11) is 0. The zero-order valence-electron chi connectivity index (χ0n) is 8.16. The highest BCUT2D eigenvalue weighted by Crippen LogP contribution is 2.02. The number of carbonyl (C=O) groups is 2. The van der Waals surface area contributed by atoms with Gasteiger partial charge in [-0.1, -0.05) is 13.0 Å². The second-order valence-corrected chi connectivity index (χ2v) is 2.85. The van der Waals surface area contributed by atoms with Gasteiger partial charge in [0.25, 0.3) is 0 Å². The Hall–Kier alpha value is -1.12. The van der Waals surface area contributed by atoms with Crippen LogP contribution >= 0.6 is 0 Å². The molecule has 0 bridgehead atoms. The van der Waals surface area contributed by atoms with Gasteiger partial charge in [-0.05, 0) is 19.8 Å². The summed E-state index contributed by atoms with van der Waals surface area (Å²) in [5, 5.41) is 0. The van der Waals surface area contributed by atoms with Crippen LogP contribution in [0.15, 0.2) is 12.2 Å². The predicted octanol–water partition coefficient (Wildman–Crippen LogP) is 1.72. The lowest BCUT2D eigenvalue weighted by Gasteiger charge is -1.98. The van der Waals surface area contributed by atoms with Crippen molar-refractivity contribution in [2.45, 2.75) is 26.7 Å². The quantitative estimate of drug-likeness (QED) is 0.358. The van der Waals surface area contributed by atoms with Crippen LogP contribution in [0, 0.1) is 5.92 Å². The van der Waals surface area contributed by atoms with Crippen LogP contribution in [0.1, 0.15) is 26.7 Å². The van der Waals surface area contributed by atoms with E-state index in [2.05, 4.69) is 4.74 Å². The van der Waals surface area contributed by atoms with Gasteiger partial charge in [0.1, 0.15) is 6.29 Å². The lowest BCUT2D eigenvalue weighted by atomic mass is 10.1. The number of hydrogen-bond donors (Lipinski definition) is 0. The van der Waals surface area contributed by atoms with E-state index in [4.69, 9.17) is 0 Å². The molecule has 0 amide bonds. The van der Waals surface area contributed by atoms with Crippen molar-refractivity contribution < 1.29 is 14.3 Å².